The van der Waals surface area contributed by atoms with E-state index in [0.717, 1.165) is 37.0 Å². The number of aliphatic imine (C=N–C) groups is 1. The van der Waals surface area contributed by atoms with Gasteiger partial charge in [0.15, 0.2) is 17.2 Å². The third-order valence-electron chi connectivity index (χ3n) is 6.93. The lowest BCUT2D eigenvalue weighted by molar-refractivity contribution is -0.385. The van der Waals surface area contributed by atoms with Crippen LogP contribution in [0.25, 0.3) is 5.57 Å². The predicted molar refractivity (Wildman–Crippen MR) is 138 cm³/mol. The molecule has 1 saturated heterocycles. The molecule has 0 spiro atoms. The molecule has 2 aromatic carbocycles. The number of nitrogens with zero attached hydrogens (tertiary/aromatic N) is 2. The number of nitro groups is 1. The van der Waals surface area contributed by atoms with E-state index in [0.29, 0.717) is 48.0 Å². The van der Waals surface area contributed by atoms with Crippen molar-refractivity contribution in [1.82, 2.24) is 0 Å². The van der Waals surface area contributed by atoms with Gasteiger partial charge in [-0.1, -0.05) is 0 Å². The Morgan fingerprint density at radius 2 is 1.95 bits per heavy atom. The maximum Gasteiger partial charge on any atom is 0.310 e. The van der Waals surface area contributed by atoms with Gasteiger partial charge < -0.3 is 24.3 Å². The van der Waals surface area contributed by atoms with Crippen LogP contribution in [0, 0.1) is 16.0 Å². The van der Waals surface area contributed by atoms with Gasteiger partial charge >= 0.3 is 5.69 Å². The van der Waals surface area contributed by atoms with Gasteiger partial charge in [-0.3, -0.25) is 19.9 Å². The quantitative estimate of drug-likeness (QED) is 0.410. The zero-order valence-electron chi connectivity index (χ0n) is 20.8. The molecule has 0 radical (unpaired) electrons. The van der Waals surface area contributed by atoms with E-state index in [9.17, 15) is 14.9 Å². The summed E-state index contributed by atoms with van der Waals surface area (Å²) in [7, 11) is 2.96. The van der Waals surface area contributed by atoms with Gasteiger partial charge in [-0.2, -0.15) is 0 Å². The number of ether oxygens (including phenoxy) is 4. The molecule has 3 aliphatic rings. The van der Waals surface area contributed by atoms with Crippen molar-refractivity contribution in [1.29, 1.82) is 0 Å². The second-order valence-electron chi connectivity index (χ2n) is 9.25. The van der Waals surface area contributed by atoms with Crippen molar-refractivity contribution in [3.8, 4) is 17.2 Å². The number of nitro benzene ring substituents is 1. The number of fused-ring (bicyclic) bond motifs is 2. The summed E-state index contributed by atoms with van der Waals surface area (Å²) in [4.78, 5) is 28.7. The van der Waals surface area contributed by atoms with Crippen LogP contribution in [0.4, 0.5) is 17.1 Å². The van der Waals surface area contributed by atoms with Crippen LogP contribution in [-0.2, 0) is 9.53 Å². The van der Waals surface area contributed by atoms with Crippen molar-refractivity contribution in [2.45, 2.75) is 38.2 Å². The van der Waals surface area contributed by atoms with Crippen molar-refractivity contribution in [2.75, 3.05) is 32.8 Å². The highest BCUT2D eigenvalue weighted by atomic mass is 16.6. The number of methoxy groups -OCH3 is 2. The Kier molecular flexibility index (Phi) is 7.09. The van der Waals surface area contributed by atoms with E-state index in [4.69, 9.17) is 23.9 Å². The Labute approximate surface area is 214 Å². The first kappa shape index (κ1) is 24.8. The fourth-order valence-electron chi connectivity index (χ4n) is 4.93. The minimum atomic E-state index is -0.473. The molecule has 194 valence electrons. The highest BCUT2D eigenvalue weighted by molar-refractivity contribution is 6.19. The van der Waals surface area contributed by atoms with Gasteiger partial charge in [0.1, 0.15) is 6.61 Å². The van der Waals surface area contributed by atoms with Gasteiger partial charge in [-0.15, -0.1) is 0 Å². The third-order valence-corrected chi connectivity index (χ3v) is 6.93. The Morgan fingerprint density at radius 1 is 1.11 bits per heavy atom. The highest BCUT2D eigenvalue weighted by Crippen LogP contribution is 2.42. The van der Waals surface area contributed by atoms with E-state index in [-0.39, 0.29) is 23.4 Å². The van der Waals surface area contributed by atoms with Crippen LogP contribution in [0.15, 0.2) is 41.4 Å². The Morgan fingerprint density at radius 3 is 2.68 bits per heavy atom. The van der Waals surface area contributed by atoms with Gasteiger partial charge in [-0.05, 0) is 61.4 Å². The van der Waals surface area contributed by atoms with Crippen LogP contribution in [0.2, 0.25) is 0 Å². The topological polar surface area (TPSA) is 122 Å². The molecule has 2 heterocycles. The van der Waals surface area contributed by atoms with Crippen LogP contribution in [0.3, 0.4) is 0 Å². The lowest BCUT2D eigenvalue weighted by atomic mass is 9.84. The summed E-state index contributed by atoms with van der Waals surface area (Å²) in [6.45, 7) is 1.15. The van der Waals surface area contributed by atoms with E-state index in [1.807, 2.05) is 6.08 Å². The second kappa shape index (κ2) is 10.6. The molecule has 1 amide bonds. The maximum absolute atomic E-state index is 13.1. The van der Waals surface area contributed by atoms with Crippen LogP contribution in [0.5, 0.6) is 17.2 Å². The lowest BCUT2D eigenvalue weighted by Crippen LogP contribution is -2.29. The summed E-state index contributed by atoms with van der Waals surface area (Å²) in [5, 5.41) is 14.3. The molecule has 0 saturated carbocycles. The van der Waals surface area contributed by atoms with Gasteiger partial charge in [-0.25, -0.2) is 0 Å². The zero-order valence-corrected chi connectivity index (χ0v) is 20.8. The fourth-order valence-corrected chi connectivity index (χ4v) is 4.93. The Balaban J connectivity index is 1.48. The average molecular weight is 508 g/mol. The number of benzene rings is 2. The second-order valence-corrected chi connectivity index (χ2v) is 9.25. The number of anilines is 1. The minimum Gasteiger partial charge on any atom is -0.493 e. The molecule has 1 fully saturated rings. The molecule has 2 atom stereocenters. The molecule has 1 aliphatic carbocycles. The van der Waals surface area contributed by atoms with E-state index >= 15 is 0 Å². The summed E-state index contributed by atoms with van der Waals surface area (Å²) >= 11 is 0. The summed E-state index contributed by atoms with van der Waals surface area (Å²) in [6, 6.07) is 8.30. The number of amides is 1. The smallest absolute Gasteiger partial charge is 0.310 e. The van der Waals surface area contributed by atoms with Crippen LogP contribution in [-0.4, -0.2) is 50.1 Å². The largest absolute Gasteiger partial charge is 0.493 e. The van der Waals surface area contributed by atoms with Crippen LogP contribution < -0.4 is 19.5 Å². The molecule has 0 bridgehead atoms. The standard InChI is InChI=1S/C27H29N3O7/c1-34-24-12-17(7-9-23(24)30(32)33)16-6-8-19-20(11-16)28-21-14-26(37-15-18-5-3-4-10-36-18)25(35-2)13-22(21)29-27(19)31/h7,9,11-14,18-19H,3-6,8,10,15H2,1-2H3,(H,29,31). The number of allylic oxidation sites excluding steroid dienone is 2. The van der Waals surface area contributed by atoms with Gasteiger partial charge in [0, 0.05) is 24.8 Å². The summed E-state index contributed by atoms with van der Waals surface area (Å²) in [5.41, 5.74) is 3.38. The maximum atomic E-state index is 13.1. The molecule has 1 N–H and O–H groups in total. The average Bonchev–Trinajstić information content (AvgIpc) is 3.06. The number of carbonyl (C=O) groups is 1. The summed E-state index contributed by atoms with van der Waals surface area (Å²) in [6.07, 6.45) is 6.25. The molecule has 10 heteroatoms. The zero-order chi connectivity index (χ0) is 25.9. The van der Waals surface area contributed by atoms with E-state index in [1.165, 1.54) is 13.2 Å². The molecule has 2 unspecified atom stereocenters. The molecular formula is C27H29N3O7. The molecule has 2 aromatic rings. The summed E-state index contributed by atoms with van der Waals surface area (Å²) in [5.74, 6) is 0.677. The fraction of sp³-hybridized carbons (Fsp3) is 0.407. The predicted octanol–water partition coefficient (Wildman–Crippen LogP) is 5.08. The summed E-state index contributed by atoms with van der Waals surface area (Å²) < 4.78 is 22.6. The first-order chi connectivity index (χ1) is 18.0. The number of nitrogens with one attached hydrogen (secondary N) is 1. The number of hydrogen-bond donors (Lipinski definition) is 1. The normalized spacial score (nSPS) is 20.9. The van der Waals surface area contributed by atoms with Gasteiger partial charge in [0.05, 0.1) is 48.3 Å². The minimum absolute atomic E-state index is 0.0372. The van der Waals surface area contributed by atoms with Crippen LogP contribution >= 0.6 is 0 Å². The van der Waals surface area contributed by atoms with Crippen molar-refractivity contribution in [3.63, 3.8) is 0 Å². The van der Waals surface area contributed by atoms with Gasteiger partial charge in [0.25, 0.3) is 0 Å². The first-order valence-corrected chi connectivity index (χ1v) is 12.4. The Bertz CT molecular complexity index is 1280. The number of rotatable bonds is 7. The molecule has 37 heavy (non-hydrogen) atoms. The van der Waals surface area contributed by atoms with Crippen molar-refractivity contribution >= 4 is 34.3 Å². The number of hydrogen-bond acceptors (Lipinski definition) is 8. The molecule has 5 rings (SSSR count). The molecular weight excluding hydrogens is 478 g/mol. The number of carbonyl (C=O) groups excluding carboxylic acids is 1. The molecule has 10 nitrogen and oxygen atoms in total. The van der Waals surface area contributed by atoms with E-state index < -0.39 is 10.8 Å². The molecule has 2 aliphatic heterocycles. The SMILES string of the molecule is COc1cc2c(cc1OCC1CCCCO1)N=C1C=C(c3ccc([N+](=O)[O-])c(OC)c3)CCC1C(=O)N2. The van der Waals surface area contributed by atoms with E-state index in [1.54, 1.807) is 31.4 Å². The first-order valence-electron chi connectivity index (χ1n) is 12.4. The van der Waals surface area contributed by atoms with Gasteiger partial charge in [0.2, 0.25) is 5.91 Å². The Hall–Kier alpha value is -3.92. The highest BCUT2D eigenvalue weighted by Gasteiger charge is 2.32. The van der Waals surface area contributed by atoms with Crippen molar-refractivity contribution in [2.24, 2.45) is 10.9 Å². The third kappa shape index (κ3) is 5.15. The molecule has 0 aromatic heterocycles. The van der Waals surface area contributed by atoms with Crippen LogP contribution in [0.1, 0.15) is 37.7 Å². The monoisotopic (exact) mass is 507 g/mol. The van der Waals surface area contributed by atoms with E-state index in [2.05, 4.69) is 5.32 Å². The van der Waals surface area contributed by atoms with Crippen molar-refractivity contribution in [3.05, 3.63) is 52.1 Å². The van der Waals surface area contributed by atoms with Crippen molar-refractivity contribution < 1.29 is 28.7 Å². The lowest BCUT2D eigenvalue weighted by Gasteiger charge is -2.23.